The van der Waals surface area contributed by atoms with E-state index in [0.29, 0.717) is 0 Å². The summed E-state index contributed by atoms with van der Waals surface area (Å²) in [6.07, 6.45) is -4.91. The van der Waals surface area contributed by atoms with Gasteiger partial charge in [0.25, 0.3) is 0 Å². The van der Waals surface area contributed by atoms with Gasteiger partial charge in [-0.3, -0.25) is 0 Å². The Kier molecular flexibility index (Phi) is 4.68. The van der Waals surface area contributed by atoms with E-state index in [1.165, 1.54) is 0 Å². The lowest BCUT2D eigenvalue weighted by atomic mass is 10.2. The first-order valence-electron chi connectivity index (χ1n) is 2.57. The highest BCUT2D eigenvalue weighted by Crippen LogP contribution is 2.55. The zero-order chi connectivity index (χ0) is 11.1. The summed E-state index contributed by atoms with van der Waals surface area (Å²) in [7, 11) is 0. The van der Waals surface area contributed by atoms with Crippen LogP contribution in [0, 0.1) is 5.92 Å². The Balaban J connectivity index is 5.02. The Hall–Kier alpha value is 1.53. The van der Waals surface area contributed by atoms with Crippen molar-refractivity contribution >= 4 is 69.6 Å². The van der Waals surface area contributed by atoms with Crippen molar-refractivity contribution in [2.75, 3.05) is 0 Å². The minimum atomic E-state index is -4.91. The number of rotatable bonds is 0. The van der Waals surface area contributed by atoms with Gasteiger partial charge in [-0.25, -0.2) is 0 Å². The van der Waals surface area contributed by atoms with Gasteiger partial charge in [0.1, 0.15) is 5.92 Å². The second kappa shape index (κ2) is 4.18. The van der Waals surface area contributed by atoms with Crippen LogP contribution in [0.15, 0.2) is 0 Å². The van der Waals surface area contributed by atoms with Crippen molar-refractivity contribution in [3.05, 3.63) is 0 Å². The van der Waals surface area contributed by atoms with Gasteiger partial charge in [0, 0.05) is 0 Å². The first-order chi connectivity index (χ1) is 5.37. The van der Waals surface area contributed by atoms with Gasteiger partial charge in [-0.05, 0) is 0 Å². The molecular weight excluding hydrogens is 318 g/mol. The zero-order valence-electron chi connectivity index (χ0n) is 5.48. The molecule has 80 valence electrons. The maximum atomic E-state index is 12.2. The summed E-state index contributed by atoms with van der Waals surface area (Å²) in [6, 6.07) is 0. The second-order valence-corrected chi connectivity index (χ2v) is 6.80. The summed E-state index contributed by atoms with van der Waals surface area (Å²) < 4.78 is 31.2. The van der Waals surface area contributed by atoms with Crippen LogP contribution in [0.1, 0.15) is 0 Å². The van der Waals surface area contributed by atoms with E-state index < -0.39 is 19.7 Å². The highest BCUT2D eigenvalue weighted by molar-refractivity contribution is 6.72. The lowest BCUT2D eigenvalue weighted by Gasteiger charge is -2.31. The molecule has 0 radical (unpaired) electrons. The molecule has 0 amide bonds. The van der Waals surface area contributed by atoms with Crippen LogP contribution in [0.3, 0.4) is 0 Å². The van der Waals surface area contributed by atoms with Crippen molar-refractivity contribution < 1.29 is 13.2 Å². The molecule has 0 saturated carbocycles. The summed E-state index contributed by atoms with van der Waals surface area (Å²) in [4.78, 5) is 0. The van der Waals surface area contributed by atoms with Crippen LogP contribution in [-0.4, -0.2) is 13.8 Å². The summed E-state index contributed by atoms with van der Waals surface area (Å²) in [5, 5.41) is 0. The highest BCUT2D eigenvalue weighted by Gasteiger charge is 2.61. The van der Waals surface area contributed by atoms with Crippen LogP contribution in [0.2, 0.25) is 0 Å². The van der Waals surface area contributed by atoms with Crippen molar-refractivity contribution in [3.63, 3.8) is 0 Å². The second-order valence-electron chi connectivity index (χ2n) is 2.06. The molecule has 0 fully saturated rings. The predicted molar refractivity (Wildman–Crippen MR) is 50.1 cm³/mol. The molecule has 0 aromatic heterocycles. The molecule has 0 spiro atoms. The molecule has 0 rings (SSSR count). The van der Waals surface area contributed by atoms with Crippen molar-refractivity contribution in [2.24, 2.45) is 5.92 Å². The molecule has 0 saturated heterocycles. The Morgan fingerprint density at radius 3 is 0.923 bits per heavy atom. The quantitative estimate of drug-likeness (QED) is 0.557. The maximum absolute atomic E-state index is 12.2. The highest BCUT2D eigenvalue weighted by atomic mass is 35.6. The van der Waals surface area contributed by atoms with Crippen LogP contribution < -0.4 is 0 Å². The third-order valence-corrected chi connectivity index (χ3v) is 2.29. The van der Waals surface area contributed by atoms with Gasteiger partial charge in [0.15, 0.2) is 0 Å². The Morgan fingerprint density at radius 2 is 0.923 bits per heavy atom. The molecule has 0 N–H and O–H groups in total. The van der Waals surface area contributed by atoms with Crippen LogP contribution in [0.5, 0.6) is 0 Å². The van der Waals surface area contributed by atoms with E-state index in [1.807, 2.05) is 0 Å². The van der Waals surface area contributed by atoms with E-state index in [4.69, 9.17) is 69.6 Å². The fourth-order valence-electron chi connectivity index (χ4n) is 0.557. The first-order valence-corrected chi connectivity index (χ1v) is 4.83. The average molecular weight is 319 g/mol. The number of alkyl halides is 9. The summed E-state index contributed by atoms with van der Waals surface area (Å²) in [5.74, 6) is -2.68. The molecule has 0 aromatic carbocycles. The SMILES string of the molecule is FC(F)(F)C(C(Cl)(Cl)Cl)C(Cl)(Cl)Cl. The fourth-order valence-corrected chi connectivity index (χ4v) is 2.78. The number of hydrogen-bond acceptors (Lipinski definition) is 0. The normalized spacial score (nSPS) is 15.2. The van der Waals surface area contributed by atoms with Crippen molar-refractivity contribution in [1.82, 2.24) is 0 Å². The number of hydrogen-bond donors (Lipinski definition) is 0. The molecule has 0 aliphatic heterocycles. The molecule has 0 heterocycles. The van der Waals surface area contributed by atoms with E-state index >= 15 is 0 Å². The van der Waals surface area contributed by atoms with Gasteiger partial charge in [0.05, 0.1) is 0 Å². The van der Waals surface area contributed by atoms with Crippen molar-refractivity contribution in [3.8, 4) is 0 Å². The van der Waals surface area contributed by atoms with Gasteiger partial charge >= 0.3 is 6.18 Å². The van der Waals surface area contributed by atoms with Gasteiger partial charge in [-0.1, -0.05) is 69.6 Å². The van der Waals surface area contributed by atoms with E-state index in [-0.39, 0.29) is 0 Å². The smallest absolute Gasteiger partial charge is 0.170 e. The molecular formula is C4HCl6F3. The predicted octanol–water partition coefficient (Wildman–Crippen LogP) is 4.91. The number of halogens is 9. The Labute approximate surface area is 102 Å². The van der Waals surface area contributed by atoms with E-state index in [0.717, 1.165) is 0 Å². The van der Waals surface area contributed by atoms with Crippen LogP contribution >= 0.6 is 69.6 Å². The van der Waals surface area contributed by atoms with Gasteiger partial charge in [-0.15, -0.1) is 0 Å². The third kappa shape index (κ3) is 4.72. The van der Waals surface area contributed by atoms with E-state index in [2.05, 4.69) is 0 Å². The van der Waals surface area contributed by atoms with E-state index in [9.17, 15) is 13.2 Å². The monoisotopic (exact) mass is 316 g/mol. The molecule has 0 unspecified atom stereocenters. The molecule has 13 heavy (non-hydrogen) atoms. The molecule has 0 nitrogen and oxygen atoms in total. The summed E-state index contributed by atoms with van der Waals surface area (Å²) in [5.41, 5.74) is 0. The Morgan fingerprint density at radius 1 is 0.692 bits per heavy atom. The lowest BCUT2D eigenvalue weighted by molar-refractivity contribution is -0.172. The summed E-state index contributed by atoms with van der Waals surface area (Å²) in [6.45, 7) is 0. The average Bonchev–Trinajstić information content (AvgIpc) is 1.44. The molecule has 0 aromatic rings. The lowest BCUT2D eigenvalue weighted by Crippen LogP contribution is -2.43. The maximum Gasteiger partial charge on any atom is 0.400 e. The largest absolute Gasteiger partial charge is 0.400 e. The minimum absolute atomic E-state index is 2.68. The first kappa shape index (κ1) is 14.5. The van der Waals surface area contributed by atoms with Gasteiger partial charge in [0.2, 0.25) is 7.59 Å². The standard InChI is InChI=1S/C4HCl6F3/c5-2(6,7)1(3(8,9)10)4(11,12)13/h1H. The fraction of sp³-hybridized carbons (Fsp3) is 1.00. The topological polar surface area (TPSA) is 0 Å². The van der Waals surface area contributed by atoms with Crippen LogP contribution in [0.4, 0.5) is 13.2 Å². The van der Waals surface area contributed by atoms with Gasteiger partial charge in [-0.2, -0.15) is 13.2 Å². The molecule has 0 aliphatic carbocycles. The zero-order valence-corrected chi connectivity index (χ0v) is 10.0. The third-order valence-electron chi connectivity index (χ3n) is 0.982. The van der Waals surface area contributed by atoms with Crippen LogP contribution in [-0.2, 0) is 0 Å². The Bertz CT molecular complexity index is 143. The van der Waals surface area contributed by atoms with Gasteiger partial charge < -0.3 is 0 Å². The summed E-state index contributed by atoms with van der Waals surface area (Å²) >= 11 is 30.2. The van der Waals surface area contributed by atoms with Crippen LogP contribution in [0.25, 0.3) is 0 Å². The van der Waals surface area contributed by atoms with Crippen molar-refractivity contribution in [2.45, 2.75) is 13.8 Å². The molecule has 0 aliphatic rings. The van der Waals surface area contributed by atoms with Crippen molar-refractivity contribution in [1.29, 1.82) is 0 Å². The minimum Gasteiger partial charge on any atom is -0.170 e. The van der Waals surface area contributed by atoms with E-state index in [1.54, 1.807) is 0 Å². The molecule has 0 atom stereocenters. The molecule has 0 bridgehead atoms. The molecule has 9 heteroatoms.